The van der Waals surface area contributed by atoms with Gasteiger partial charge in [0.2, 0.25) is 5.91 Å². The number of carbonyl (C=O) groups is 1. The number of rotatable bonds is 7. The van der Waals surface area contributed by atoms with E-state index in [1.807, 2.05) is 54.6 Å². The highest BCUT2D eigenvalue weighted by molar-refractivity contribution is 7.16. The molecule has 0 bridgehead atoms. The number of aromatic nitrogens is 1. The molecule has 0 saturated carbocycles. The Morgan fingerprint density at radius 1 is 1.10 bits per heavy atom. The minimum atomic E-state index is 0.0848. The molecule has 1 aliphatic heterocycles. The molecule has 0 N–H and O–H groups in total. The molecule has 4 rings (SSSR count). The molecule has 0 aliphatic carbocycles. The van der Waals surface area contributed by atoms with Crippen molar-refractivity contribution in [1.82, 2.24) is 14.8 Å². The number of benzene rings is 1. The number of carbonyl (C=O) groups excluding carboxylic acids is 1. The maximum Gasteiger partial charge on any atom is 0.246 e. The molecule has 0 radical (unpaired) electrons. The number of hydrogen-bond acceptors (Lipinski definition) is 4. The molecule has 0 atom stereocenters. The fourth-order valence-electron chi connectivity index (χ4n) is 4.00. The first kappa shape index (κ1) is 21.5. The van der Waals surface area contributed by atoms with E-state index in [9.17, 15) is 4.79 Å². The average molecular weight is 432 g/mol. The van der Waals surface area contributed by atoms with Gasteiger partial charge in [0.05, 0.1) is 0 Å². The van der Waals surface area contributed by atoms with Crippen molar-refractivity contribution in [2.75, 3.05) is 26.7 Å². The number of piperidine rings is 1. The molecule has 31 heavy (non-hydrogen) atoms. The molecule has 2 aromatic heterocycles. The number of nitrogens with zero attached hydrogens (tertiary/aromatic N) is 3. The summed E-state index contributed by atoms with van der Waals surface area (Å²) in [6.45, 7) is 3.10. The van der Waals surface area contributed by atoms with Crippen LogP contribution < -0.4 is 0 Å². The van der Waals surface area contributed by atoms with Crippen LogP contribution in [0.1, 0.15) is 23.4 Å². The van der Waals surface area contributed by atoms with Crippen LogP contribution in [0.3, 0.4) is 0 Å². The topological polar surface area (TPSA) is 36.4 Å². The van der Waals surface area contributed by atoms with E-state index in [1.54, 1.807) is 17.4 Å². The van der Waals surface area contributed by atoms with Crippen LogP contribution in [0, 0.1) is 0 Å². The zero-order valence-electron chi connectivity index (χ0n) is 18.0. The summed E-state index contributed by atoms with van der Waals surface area (Å²) >= 11 is 1.71. The number of likely N-dealkylation sites (tertiary alicyclic amines) is 1. The molecule has 0 unspecified atom stereocenters. The number of hydrogen-bond donors (Lipinski definition) is 0. The second-order valence-electron chi connectivity index (χ2n) is 7.99. The number of likely N-dealkylation sites (N-methyl/N-ethyl adjacent to an activating group) is 1. The highest BCUT2D eigenvalue weighted by atomic mass is 32.1. The van der Waals surface area contributed by atoms with E-state index in [2.05, 4.69) is 40.2 Å². The van der Waals surface area contributed by atoms with E-state index in [1.165, 1.54) is 10.4 Å². The second kappa shape index (κ2) is 10.5. The van der Waals surface area contributed by atoms with Crippen LogP contribution in [-0.4, -0.2) is 53.4 Å². The maximum absolute atomic E-state index is 12.7. The van der Waals surface area contributed by atoms with E-state index in [4.69, 9.17) is 0 Å². The predicted molar refractivity (Wildman–Crippen MR) is 129 cm³/mol. The maximum atomic E-state index is 12.7. The molecule has 1 fully saturated rings. The summed E-state index contributed by atoms with van der Waals surface area (Å²) in [5.74, 6) is 0.0848. The first-order valence-electron chi connectivity index (χ1n) is 10.9. The van der Waals surface area contributed by atoms with Crippen molar-refractivity contribution in [3.05, 3.63) is 83.5 Å². The molecule has 3 heterocycles. The van der Waals surface area contributed by atoms with Crippen molar-refractivity contribution in [3.63, 3.8) is 0 Å². The molecular weight excluding hydrogens is 402 g/mol. The van der Waals surface area contributed by atoms with Crippen LogP contribution in [0.25, 0.3) is 16.5 Å². The standard InChI is InChI=1S/C26H29N3OS/c1-28(23-15-19-29(20-16-23)18-14-22-9-5-6-17-27-22)26(30)13-11-24-10-12-25(31-24)21-7-3-2-4-8-21/h2-13,17,23H,14-16,18-20H2,1H3. The highest BCUT2D eigenvalue weighted by Crippen LogP contribution is 2.28. The fourth-order valence-corrected chi connectivity index (χ4v) is 4.92. The molecule has 4 nitrogen and oxygen atoms in total. The van der Waals surface area contributed by atoms with Gasteiger partial charge in [0.25, 0.3) is 0 Å². The Labute approximate surface area is 188 Å². The van der Waals surface area contributed by atoms with Crippen LogP contribution >= 0.6 is 11.3 Å². The van der Waals surface area contributed by atoms with Gasteiger partial charge in [0.1, 0.15) is 0 Å². The second-order valence-corrected chi connectivity index (χ2v) is 9.11. The minimum Gasteiger partial charge on any atom is -0.339 e. The van der Waals surface area contributed by atoms with E-state index < -0.39 is 0 Å². The van der Waals surface area contributed by atoms with Gasteiger partial charge in [-0.2, -0.15) is 0 Å². The van der Waals surface area contributed by atoms with Crippen molar-refractivity contribution in [3.8, 4) is 10.4 Å². The Morgan fingerprint density at radius 3 is 2.61 bits per heavy atom. The quantitative estimate of drug-likeness (QED) is 0.495. The first-order chi connectivity index (χ1) is 15.2. The van der Waals surface area contributed by atoms with Crippen LogP contribution in [0.4, 0.5) is 0 Å². The zero-order chi connectivity index (χ0) is 21.5. The molecule has 1 saturated heterocycles. The van der Waals surface area contributed by atoms with Crippen LogP contribution in [0.5, 0.6) is 0 Å². The third kappa shape index (κ3) is 5.90. The molecule has 5 heteroatoms. The van der Waals surface area contributed by atoms with Gasteiger partial charge in [-0.05, 0) is 48.7 Å². The molecule has 1 aromatic carbocycles. The monoisotopic (exact) mass is 431 g/mol. The Balaban J connectivity index is 1.25. The summed E-state index contributed by atoms with van der Waals surface area (Å²) in [5, 5.41) is 0. The Kier molecular flexibility index (Phi) is 7.28. The lowest BCUT2D eigenvalue weighted by molar-refractivity contribution is -0.127. The van der Waals surface area contributed by atoms with Crippen LogP contribution in [-0.2, 0) is 11.2 Å². The smallest absolute Gasteiger partial charge is 0.246 e. The normalized spacial score (nSPS) is 15.4. The summed E-state index contributed by atoms with van der Waals surface area (Å²) in [7, 11) is 1.94. The molecule has 0 spiro atoms. The van der Waals surface area contributed by atoms with Crippen molar-refractivity contribution >= 4 is 23.3 Å². The molecular formula is C26H29N3OS. The minimum absolute atomic E-state index is 0.0848. The van der Waals surface area contributed by atoms with Crippen molar-refractivity contribution in [1.29, 1.82) is 0 Å². The number of amides is 1. The molecule has 1 aliphatic rings. The average Bonchev–Trinajstić information content (AvgIpc) is 3.31. The van der Waals surface area contributed by atoms with Crippen LogP contribution in [0.15, 0.2) is 72.9 Å². The van der Waals surface area contributed by atoms with Crippen molar-refractivity contribution < 1.29 is 4.79 Å². The van der Waals surface area contributed by atoms with E-state index >= 15 is 0 Å². The van der Waals surface area contributed by atoms with Gasteiger partial charge in [0.15, 0.2) is 0 Å². The lowest BCUT2D eigenvalue weighted by Gasteiger charge is -2.36. The van der Waals surface area contributed by atoms with Crippen LogP contribution in [0.2, 0.25) is 0 Å². The summed E-state index contributed by atoms with van der Waals surface area (Å²) in [4.78, 5) is 23.8. The molecule has 160 valence electrons. The van der Waals surface area contributed by atoms with E-state index in [-0.39, 0.29) is 5.91 Å². The largest absolute Gasteiger partial charge is 0.339 e. The lowest BCUT2D eigenvalue weighted by atomic mass is 10.0. The van der Waals surface area contributed by atoms with E-state index in [0.29, 0.717) is 6.04 Å². The fraction of sp³-hybridized carbons (Fsp3) is 0.308. The van der Waals surface area contributed by atoms with Gasteiger partial charge in [0, 0.05) is 66.9 Å². The third-order valence-electron chi connectivity index (χ3n) is 5.94. The third-order valence-corrected chi connectivity index (χ3v) is 7.04. The van der Waals surface area contributed by atoms with Crippen molar-refractivity contribution in [2.45, 2.75) is 25.3 Å². The Bertz CT molecular complexity index is 992. The van der Waals surface area contributed by atoms with Gasteiger partial charge >= 0.3 is 0 Å². The van der Waals surface area contributed by atoms with Gasteiger partial charge in [-0.25, -0.2) is 0 Å². The number of pyridine rings is 1. The van der Waals surface area contributed by atoms with Gasteiger partial charge < -0.3 is 9.80 Å². The Hall–Kier alpha value is -2.76. The molecule has 3 aromatic rings. The predicted octanol–water partition coefficient (Wildman–Crippen LogP) is 4.99. The van der Waals surface area contributed by atoms with E-state index in [0.717, 1.165) is 49.5 Å². The van der Waals surface area contributed by atoms with Gasteiger partial charge in [-0.3, -0.25) is 9.78 Å². The van der Waals surface area contributed by atoms with Crippen molar-refractivity contribution in [2.24, 2.45) is 0 Å². The molecule has 1 amide bonds. The van der Waals surface area contributed by atoms with Gasteiger partial charge in [-0.15, -0.1) is 11.3 Å². The zero-order valence-corrected chi connectivity index (χ0v) is 18.8. The highest BCUT2D eigenvalue weighted by Gasteiger charge is 2.24. The Morgan fingerprint density at radius 2 is 1.87 bits per heavy atom. The van der Waals surface area contributed by atoms with Gasteiger partial charge in [-0.1, -0.05) is 36.4 Å². The summed E-state index contributed by atoms with van der Waals surface area (Å²) in [6, 6.07) is 20.9. The summed E-state index contributed by atoms with van der Waals surface area (Å²) in [5.41, 5.74) is 2.36. The summed E-state index contributed by atoms with van der Waals surface area (Å²) in [6.07, 6.45) is 8.54. The number of thiophene rings is 1. The first-order valence-corrected chi connectivity index (χ1v) is 11.7. The summed E-state index contributed by atoms with van der Waals surface area (Å²) < 4.78 is 0. The lowest BCUT2D eigenvalue weighted by Crippen LogP contribution is -2.45. The SMILES string of the molecule is CN(C(=O)C=Cc1ccc(-c2ccccc2)s1)C1CCN(CCc2ccccn2)CC1.